The molecule has 0 unspecified atom stereocenters. The van der Waals surface area contributed by atoms with Crippen LogP contribution in [-0.4, -0.2) is 49.8 Å². The molecule has 0 saturated carbocycles. The zero-order valence-electron chi connectivity index (χ0n) is 15.3. The Morgan fingerprint density at radius 2 is 1.46 bits per heavy atom. The zero-order valence-corrected chi connectivity index (χ0v) is 15.3. The predicted octanol–water partition coefficient (Wildman–Crippen LogP) is 1.82. The van der Waals surface area contributed by atoms with Gasteiger partial charge in [0.2, 0.25) is 11.8 Å². The highest BCUT2D eigenvalue weighted by atomic mass is 16.5. The molecule has 0 saturated heterocycles. The highest BCUT2D eigenvalue weighted by Crippen LogP contribution is 2.05. The maximum Gasteiger partial charge on any atom is 0.249 e. The molecule has 3 atom stereocenters. The molecule has 2 N–H and O–H groups in total. The van der Waals surface area contributed by atoms with Crippen molar-refractivity contribution in [3.8, 4) is 0 Å². The summed E-state index contributed by atoms with van der Waals surface area (Å²) in [5, 5.41) is 5.74. The SMILES string of the molecule is C=CCO[C@@H](C)C(=O)N[C@H](CNC(=O)[C@@H](C)OCC=C)CC(C)C. The molecule has 0 aromatic rings. The summed E-state index contributed by atoms with van der Waals surface area (Å²) in [6, 6.07) is -0.164. The fourth-order valence-electron chi connectivity index (χ4n) is 2.02. The van der Waals surface area contributed by atoms with Crippen LogP contribution in [0.3, 0.4) is 0 Å². The molecule has 0 radical (unpaired) electrons. The first-order valence-corrected chi connectivity index (χ1v) is 8.34. The lowest BCUT2D eigenvalue weighted by Crippen LogP contribution is -2.49. The monoisotopic (exact) mass is 340 g/mol. The summed E-state index contributed by atoms with van der Waals surface area (Å²) in [4.78, 5) is 24.1. The third-order valence-corrected chi connectivity index (χ3v) is 3.29. The molecule has 0 aliphatic carbocycles. The van der Waals surface area contributed by atoms with Gasteiger partial charge in [0.15, 0.2) is 0 Å². The van der Waals surface area contributed by atoms with Gasteiger partial charge in [-0.1, -0.05) is 26.0 Å². The van der Waals surface area contributed by atoms with Crippen LogP contribution < -0.4 is 10.6 Å². The van der Waals surface area contributed by atoms with Gasteiger partial charge in [-0.25, -0.2) is 0 Å². The van der Waals surface area contributed by atoms with Gasteiger partial charge < -0.3 is 20.1 Å². The molecule has 0 aromatic heterocycles. The topological polar surface area (TPSA) is 76.7 Å². The lowest BCUT2D eigenvalue weighted by molar-refractivity contribution is -0.133. The van der Waals surface area contributed by atoms with Crippen LogP contribution in [0.2, 0.25) is 0 Å². The van der Waals surface area contributed by atoms with E-state index in [2.05, 4.69) is 37.6 Å². The normalized spacial score (nSPS) is 14.5. The van der Waals surface area contributed by atoms with Crippen molar-refractivity contribution in [3.05, 3.63) is 25.3 Å². The van der Waals surface area contributed by atoms with E-state index in [9.17, 15) is 9.59 Å². The van der Waals surface area contributed by atoms with Crippen molar-refractivity contribution in [1.29, 1.82) is 0 Å². The Morgan fingerprint density at radius 1 is 0.958 bits per heavy atom. The molecular weight excluding hydrogens is 308 g/mol. The van der Waals surface area contributed by atoms with E-state index in [4.69, 9.17) is 9.47 Å². The number of carbonyl (C=O) groups excluding carboxylic acids is 2. The van der Waals surface area contributed by atoms with E-state index in [0.717, 1.165) is 6.42 Å². The highest BCUT2D eigenvalue weighted by molar-refractivity contribution is 5.81. The maximum atomic E-state index is 12.1. The van der Waals surface area contributed by atoms with Crippen LogP contribution in [0, 0.1) is 5.92 Å². The fraction of sp³-hybridized carbons (Fsp3) is 0.667. The molecule has 0 aliphatic rings. The van der Waals surface area contributed by atoms with Gasteiger partial charge in [0.25, 0.3) is 0 Å². The van der Waals surface area contributed by atoms with E-state index >= 15 is 0 Å². The van der Waals surface area contributed by atoms with Crippen LogP contribution in [0.15, 0.2) is 25.3 Å². The van der Waals surface area contributed by atoms with Crippen LogP contribution >= 0.6 is 0 Å². The van der Waals surface area contributed by atoms with Crippen molar-refractivity contribution in [2.45, 2.75) is 52.4 Å². The molecule has 0 heterocycles. The first-order chi connectivity index (χ1) is 11.3. The minimum absolute atomic E-state index is 0.164. The summed E-state index contributed by atoms with van der Waals surface area (Å²) in [7, 11) is 0. The molecule has 0 spiro atoms. The van der Waals surface area contributed by atoms with Gasteiger partial charge in [0.1, 0.15) is 12.2 Å². The second kappa shape index (κ2) is 12.7. The highest BCUT2D eigenvalue weighted by Gasteiger charge is 2.20. The fourth-order valence-corrected chi connectivity index (χ4v) is 2.02. The van der Waals surface area contributed by atoms with Crippen LogP contribution in [-0.2, 0) is 19.1 Å². The number of nitrogens with one attached hydrogen (secondary N) is 2. The quantitative estimate of drug-likeness (QED) is 0.501. The summed E-state index contributed by atoms with van der Waals surface area (Å²) in [6.45, 7) is 15.6. The summed E-state index contributed by atoms with van der Waals surface area (Å²) < 4.78 is 10.6. The van der Waals surface area contributed by atoms with Crippen molar-refractivity contribution in [1.82, 2.24) is 10.6 Å². The number of hydrogen-bond acceptors (Lipinski definition) is 4. The lowest BCUT2D eigenvalue weighted by atomic mass is 10.0. The van der Waals surface area contributed by atoms with Crippen LogP contribution in [0.5, 0.6) is 0 Å². The molecule has 2 amide bonds. The van der Waals surface area contributed by atoms with Crippen molar-refractivity contribution in [2.75, 3.05) is 19.8 Å². The Balaban J connectivity index is 4.49. The number of carbonyl (C=O) groups is 2. The van der Waals surface area contributed by atoms with E-state index in [-0.39, 0.29) is 17.9 Å². The van der Waals surface area contributed by atoms with Gasteiger partial charge in [-0.2, -0.15) is 0 Å². The van der Waals surface area contributed by atoms with E-state index in [1.165, 1.54) is 0 Å². The lowest BCUT2D eigenvalue weighted by Gasteiger charge is -2.23. The minimum atomic E-state index is -0.566. The molecule has 0 rings (SSSR count). The van der Waals surface area contributed by atoms with Crippen molar-refractivity contribution in [3.63, 3.8) is 0 Å². The van der Waals surface area contributed by atoms with Crippen molar-refractivity contribution in [2.24, 2.45) is 5.92 Å². The summed E-state index contributed by atoms with van der Waals surface area (Å²) in [5.74, 6) is -0.0328. The maximum absolute atomic E-state index is 12.1. The second-order valence-corrected chi connectivity index (χ2v) is 6.11. The van der Waals surface area contributed by atoms with Gasteiger partial charge in [-0.15, -0.1) is 13.2 Å². The molecule has 138 valence electrons. The molecule has 0 aliphatic heterocycles. The van der Waals surface area contributed by atoms with Gasteiger partial charge in [-0.05, 0) is 26.2 Å². The summed E-state index contributed by atoms with van der Waals surface area (Å²) >= 11 is 0. The molecule has 0 aromatic carbocycles. The average molecular weight is 340 g/mol. The third kappa shape index (κ3) is 10.2. The Hall–Kier alpha value is -1.66. The largest absolute Gasteiger partial charge is 0.365 e. The van der Waals surface area contributed by atoms with E-state index in [1.807, 2.05) is 0 Å². The van der Waals surface area contributed by atoms with E-state index in [0.29, 0.717) is 25.7 Å². The molecule has 0 bridgehead atoms. The van der Waals surface area contributed by atoms with E-state index < -0.39 is 12.2 Å². The Morgan fingerprint density at radius 3 is 1.92 bits per heavy atom. The van der Waals surface area contributed by atoms with Crippen LogP contribution in [0.25, 0.3) is 0 Å². The predicted molar refractivity (Wildman–Crippen MR) is 95.6 cm³/mol. The summed E-state index contributed by atoms with van der Waals surface area (Å²) in [6.07, 6.45) is 2.81. The van der Waals surface area contributed by atoms with Crippen LogP contribution in [0.1, 0.15) is 34.1 Å². The zero-order chi connectivity index (χ0) is 18.5. The van der Waals surface area contributed by atoms with Crippen LogP contribution in [0.4, 0.5) is 0 Å². The van der Waals surface area contributed by atoms with Gasteiger partial charge in [-0.3, -0.25) is 9.59 Å². The standard InChI is InChI=1S/C18H32N2O4/c1-7-9-23-14(5)17(21)19-12-16(11-13(3)4)20-18(22)15(6)24-10-8-2/h7-8,13-16H,1-2,9-12H2,3-6H3,(H,19,21)(H,20,22)/t14-,15+,16+/m1/s1. The molecular formula is C18H32N2O4. The Kier molecular flexibility index (Phi) is 11.8. The number of amides is 2. The average Bonchev–Trinajstić information content (AvgIpc) is 2.54. The molecule has 6 heteroatoms. The van der Waals surface area contributed by atoms with Gasteiger partial charge >= 0.3 is 0 Å². The molecule has 0 fully saturated rings. The first kappa shape index (κ1) is 22.3. The third-order valence-electron chi connectivity index (χ3n) is 3.29. The molecule has 24 heavy (non-hydrogen) atoms. The Bertz CT molecular complexity index is 410. The van der Waals surface area contributed by atoms with Gasteiger partial charge in [0, 0.05) is 12.6 Å². The smallest absolute Gasteiger partial charge is 0.249 e. The minimum Gasteiger partial charge on any atom is -0.365 e. The number of hydrogen-bond donors (Lipinski definition) is 2. The van der Waals surface area contributed by atoms with E-state index in [1.54, 1.807) is 26.0 Å². The number of ether oxygens (including phenoxy) is 2. The Labute approximate surface area is 145 Å². The van der Waals surface area contributed by atoms with Crippen molar-refractivity contribution < 1.29 is 19.1 Å². The first-order valence-electron chi connectivity index (χ1n) is 8.34. The molecule has 6 nitrogen and oxygen atoms in total. The summed E-state index contributed by atoms with van der Waals surface area (Å²) in [5.41, 5.74) is 0. The van der Waals surface area contributed by atoms with Gasteiger partial charge in [0.05, 0.1) is 13.2 Å². The van der Waals surface area contributed by atoms with Crippen molar-refractivity contribution >= 4 is 11.8 Å². The number of rotatable bonds is 13. The second-order valence-electron chi connectivity index (χ2n) is 6.11.